The Hall–Kier alpha value is -1.59. The number of hydrogen-bond acceptors (Lipinski definition) is 5. The van der Waals surface area contributed by atoms with Crippen LogP contribution in [-0.2, 0) is 0 Å². The molecule has 3 aromatic rings. The second kappa shape index (κ2) is 5.42. The number of aromatic nitrogens is 2. The minimum absolute atomic E-state index is 0.675. The number of nitrogens with zero attached hydrogens (tertiary/aromatic N) is 2. The smallest absolute Gasteiger partial charge is 0.224 e. The topological polar surface area (TPSA) is 37.8 Å². The average Bonchev–Trinajstić information content (AvgIpc) is 2.81. The van der Waals surface area contributed by atoms with Crippen molar-refractivity contribution in [2.24, 2.45) is 0 Å². The molecule has 102 valence electrons. The van der Waals surface area contributed by atoms with E-state index < -0.39 is 0 Å². The molecule has 0 radical (unpaired) electrons. The van der Waals surface area contributed by atoms with Crippen molar-refractivity contribution in [3.63, 3.8) is 0 Å². The van der Waals surface area contributed by atoms with E-state index in [4.69, 9.17) is 0 Å². The summed E-state index contributed by atoms with van der Waals surface area (Å²) in [5.41, 5.74) is 1.27. The molecule has 0 bridgehead atoms. The monoisotopic (exact) mass is 301 g/mol. The van der Waals surface area contributed by atoms with Gasteiger partial charge in [-0.15, -0.1) is 11.3 Å². The van der Waals surface area contributed by atoms with Crippen molar-refractivity contribution in [3.8, 4) is 0 Å². The molecule has 0 saturated heterocycles. The second-order valence-corrected chi connectivity index (χ2v) is 6.89. The third kappa shape index (κ3) is 2.64. The molecule has 0 amide bonds. The third-order valence-corrected chi connectivity index (χ3v) is 4.90. The highest BCUT2D eigenvalue weighted by Gasteiger charge is 2.11. The first-order valence-corrected chi connectivity index (χ1v) is 7.99. The molecule has 2 aromatic heterocycles. The molecule has 0 atom stereocenters. The molecule has 0 aliphatic carbocycles. The van der Waals surface area contributed by atoms with Crippen LogP contribution in [0.3, 0.4) is 0 Å². The quantitative estimate of drug-likeness (QED) is 0.723. The van der Waals surface area contributed by atoms with Gasteiger partial charge in [-0.1, -0.05) is 29.5 Å². The van der Waals surface area contributed by atoms with Gasteiger partial charge in [0.25, 0.3) is 0 Å². The fourth-order valence-corrected chi connectivity index (χ4v) is 3.76. The Kier molecular flexibility index (Phi) is 3.63. The van der Waals surface area contributed by atoms with Crippen molar-refractivity contribution in [1.29, 1.82) is 0 Å². The van der Waals surface area contributed by atoms with E-state index in [1.165, 1.54) is 15.3 Å². The number of aryl methyl sites for hydroxylation is 2. The summed E-state index contributed by atoms with van der Waals surface area (Å²) in [6.07, 6.45) is 0. The van der Waals surface area contributed by atoms with Gasteiger partial charge in [-0.05, 0) is 32.0 Å². The Morgan fingerprint density at radius 2 is 1.85 bits per heavy atom. The maximum Gasteiger partial charge on any atom is 0.224 e. The molecule has 5 heteroatoms. The Labute approximate surface area is 126 Å². The van der Waals surface area contributed by atoms with E-state index >= 15 is 0 Å². The molecule has 0 aliphatic rings. The number of thiophene rings is 1. The molecule has 3 nitrogen and oxygen atoms in total. The SMILES string of the molecule is CNc1nc(Sc2ccc(C)cc2)c2cc(C)sc2n1. The van der Waals surface area contributed by atoms with Crippen LogP contribution >= 0.6 is 23.1 Å². The van der Waals surface area contributed by atoms with Crippen molar-refractivity contribution in [2.45, 2.75) is 23.8 Å². The summed E-state index contributed by atoms with van der Waals surface area (Å²) in [6, 6.07) is 10.7. The molecule has 2 heterocycles. The van der Waals surface area contributed by atoms with Gasteiger partial charge in [-0.25, -0.2) is 9.97 Å². The summed E-state index contributed by atoms with van der Waals surface area (Å²) < 4.78 is 0. The largest absolute Gasteiger partial charge is 0.357 e. The molecule has 0 spiro atoms. The highest BCUT2D eigenvalue weighted by atomic mass is 32.2. The van der Waals surface area contributed by atoms with Gasteiger partial charge in [-0.2, -0.15) is 0 Å². The third-order valence-electron chi connectivity index (χ3n) is 2.94. The Morgan fingerprint density at radius 3 is 2.55 bits per heavy atom. The van der Waals surface area contributed by atoms with E-state index in [2.05, 4.69) is 59.5 Å². The number of nitrogens with one attached hydrogen (secondary N) is 1. The van der Waals surface area contributed by atoms with Gasteiger partial charge in [0.15, 0.2) is 0 Å². The number of benzene rings is 1. The van der Waals surface area contributed by atoms with Crippen LogP contribution in [-0.4, -0.2) is 17.0 Å². The van der Waals surface area contributed by atoms with E-state index in [1.807, 2.05) is 7.05 Å². The summed E-state index contributed by atoms with van der Waals surface area (Å²) in [7, 11) is 1.85. The van der Waals surface area contributed by atoms with Gasteiger partial charge >= 0.3 is 0 Å². The van der Waals surface area contributed by atoms with Crippen LogP contribution in [0.1, 0.15) is 10.4 Å². The lowest BCUT2D eigenvalue weighted by molar-refractivity contribution is 1.10. The van der Waals surface area contributed by atoms with Crippen LogP contribution in [0, 0.1) is 13.8 Å². The minimum Gasteiger partial charge on any atom is -0.357 e. The predicted octanol–water partition coefficient (Wildman–Crippen LogP) is 4.50. The minimum atomic E-state index is 0.675. The highest BCUT2D eigenvalue weighted by molar-refractivity contribution is 7.99. The molecule has 0 aliphatic heterocycles. The van der Waals surface area contributed by atoms with Gasteiger partial charge in [0.2, 0.25) is 5.95 Å². The molecule has 0 fully saturated rings. The lowest BCUT2D eigenvalue weighted by Crippen LogP contribution is -1.96. The summed E-state index contributed by atoms with van der Waals surface area (Å²) in [5.74, 6) is 0.675. The summed E-state index contributed by atoms with van der Waals surface area (Å²) >= 11 is 3.39. The van der Waals surface area contributed by atoms with E-state index in [1.54, 1.807) is 23.1 Å². The second-order valence-electron chi connectivity index (χ2n) is 4.59. The molecular formula is C15H15N3S2. The van der Waals surface area contributed by atoms with Crippen molar-refractivity contribution < 1.29 is 0 Å². The van der Waals surface area contributed by atoms with Crippen molar-refractivity contribution in [2.75, 3.05) is 12.4 Å². The molecule has 0 saturated carbocycles. The predicted molar refractivity (Wildman–Crippen MR) is 87.0 cm³/mol. The van der Waals surface area contributed by atoms with Gasteiger partial charge in [0.05, 0.1) is 0 Å². The average molecular weight is 301 g/mol. The van der Waals surface area contributed by atoms with Crippen LogP contribution in [0.15, 0.2) is 40.3 Å². The van der Waals surface area contributed by atoms with Crippen LogP contribution in [0.4, 0.5) is 5.95 Å². The van der Waals surface area contributed by atoms with Crippen LogP contribution in [0.25, 0.3) is 10.2 Å². The van der Waals surface area contributed by atoms with Crippen molar-refractivity contribution in [3.05, 3.63) is 40.8 Å². The van der Waals surface area contributed by atoms with Crippen LogP contribution in [0.2, 0.25) is 0 Å². The molecule has 0 unspecified atom stereocenters. The number of fused-ring (bicyclic) bond motifs is 1. The summed E-state index contributed by atoms with van der Waals surface area (Å²) in [4.78, 5) is 12.6. The fraction of sp³-hybridized carbons (Fsp3) is 0.200. The Bertz CT molecular complexity index is 748. The van der Waals surface area contributed by atoms with Gasteiger partial charge in [-0.3, -0.25) is 0 Å². The van der Waals surface area contributed by atoms with Crippen LogP contribution < -0.4 is 5.32 Å². The molecule has 1 N–H and O–H groups in total. The standard InChI is InChI=1S/C15H15N3S2/c1-9-4-6-11(7-5-9)20-14-12-8-10(2)19-13(12)17-15(16-3)18-14/h4-8H,1-3H3,(H,16,17,18). The lowest BCUT2D eigenvalue weighted by Gasteiger charge is -2.05. The van der Waals surface area contributed by atoms with Gasteiger partial charge in [0, 0.05) is 22.2 Å². The highest BCUT2D eigenvalue weighted by Crippen LogP contribution is 2.35. The first kappa shape index (κ1) is 13.4. The maximum absolute atomic E-state index is 4.60. The van der Waals surface area contributed by atoms with Gasteiger partial charge in [0.1, 0.15) is 9.86 Å². The zero-order valence-corrected chi connectivity index (χ0v) is 13.2. The number of rotatable bonds is 3. The zero-order valence-electron chi connectivity index (χ0n) is 11.6. The normalized spacial score (nSPS) is 10.9. The van der Waals surface area contributed by atoms with Gasteiger partial charge < -0.3 is 5.32 Å². The first-order chi connectivity index (χ1) is 9.65. The lowest BCUT2D eigenvalue weighted by atomic mass is 10.2. The van der Waals surface area contributed by atoms with Crippen molar-refractivity contribution >= 4 is 39.3 Å². The van der Waals surface area contributed by atoms with E-state index in [-0.39, 0.29) is 0 Å². The fourth-order valence-electron chi connectivity index (χ4n) is 1.92. The Balaban J connectivity index is 2.06. The summed E-state index contributed by atoms with van der Waals surface area (Å²) in [6.45, 7) is 4.20. The Morgan fingerprint density at radius 1 is 1.10 bits per heavy atom. The molecule has 3 rings (SSSR count). The molecule has 20 heavy (non-hydrogen) atoms. The maximum atomic E-state index is 4.60. The number of anilines is 1. The number of hydrogen-bond donors (Lipinski definition) is 1. The van der Waals surface area contributed by atoms with Crippen LogP contribution in [0.5, 0.6) is 0 Å². The van der Waals surface area contributed by atoms with E-state index in [9.17, 15) is 0 Å². The molecular weight excluding hydrogens is 286 g/mol. The summed E-state index contributed by atoms with van der Waals surface area (Å²) in [5, 5.41) is 5.18. The van der Waals surface area contributed by atoms with E-state index in [0.717, 1.165) is 15.2 Å². The van der Waals surface area contributed by atoms with E-state index in [0.29, 0.717) is 5.95 Å². The van der Waals surface area contributed by atoms with Crippen molar-refractivity contribution in [1.82, 2.24) is 9.97 Å². The zero-order chi connectivity index (χ0) is 14.1. The molecule has 1 aromatic carbocycles. The first-order valence-electron chi connectivity index (χ1n) is 6.36.